The number of aromatic nitrogens is 3. The number of H-pyrrole nitrogens is 1. The molecule has 3 rings (SSSR count). The maximum Gasteiger partial charge on any atom is 0.515 e. The average Bonchev–Trinajstić information content (AvgIpc) is 2.78. The Bertz CT molecular complexity index is 945. The van der Waals surface area contributed by atoms with Crippen molar-refractivity contribution >= 4 is 22.8 Å². The van der Waals surface area contributed by atoms with Crippen LogP contribution in [0, 0.1) is 12.7 Å². The lowest BCUT2D eigenvalue weighted by atomic mass is 10.3. The molecule has 8 heteroatoms. The second-order valence-electron chi connectivity index (χ2n) is 4.56. The topological polar surface area (TPSA) is 85.7 Å². The van der Waals surface area contributed by atoms with Gasteiger partial charge < -0.3 is 14.5 Å². The number of hydrogen-bond donors (Lipinski definition) is 1. The number of rotatable bonds is 2. The number of nitrogens with zero attached hydrogens (tertiary/aromatic N) is 2. The van der Waals surface area contributed by atoms with Crippen LogP contribution in [0.2, 0.25) is 0 Å². The number of carbonyl (C=O) groups is 1. The van der Waals surface area contributed by atoms with E-state index < -0.39 is 17.5 Å². The normalized spacial score (nSPS) is 11.0. The van der Waals surface area contributed by atoms with Gasteiger partial charge in [0.1, 0.15) is 5.82 Å². The molecule has 0 fully saturated rings. The predicted octanol–water partition coefficient (Wildman–Crippen LogP) is 2.16. The van der Waals surface area contributed by atoms with Crippen LogP contribution in [0.5, 0.6) is 5.88 Å². The van der Waals surface area contributed by atoms with Crippen LogP contribution < -0.4 is 10.3 Å². The van der Waals surface area contributed by atoms with Crippen LogP contribution in [0.1, 0.15) is 12.6 Å². The van der Waals surface area contributed by atoms with Gasteiger partial charge in [0.15, 0.2) is 0 Å². The number of nitrogens with one attached hydrogen (secondary N) is 1. The zero-order valence-electron chi connectivity index (χ0n) is 11.8. The van der Waals surface area contributed by atoms with E-state index in [0.29, 0.717) is 16.7 Å². The third kappa shape index (κ3) is 2.18. The van der Waals surface area contributed by atoms with E-state index in [-0.39, 0.29) is 18.1 Å². The van der Waals surface area contributed by atoms with Crippen molar-refractivity contribution in [1.82, 2.24) is 14.4 Å². The van der Waals surface area contributed by atoms with Crippen molar-refractivity contribution in [1.29, 1.82) is 0 Å². The Hall–Kier alpha value is -2.90. The Labute approximate surface area is 123 Å². The van der Waals surface area contributed by atoms with Crippen LogP contribution >= 0.6 is 0 Å². The maximum atomic E-state index is 13.5. The van der Waals surface area contributed by atoms with Gasteiger partial charge in [-0.15, -0.1) is 0 Å². The van der Waals surface area contributed by atoms with E-state index in [1.54, 1.807) is 13.8 Å². The molecule has 0 aliphatic carbocycles. The van der Waals surface area contributed by atoms with Crippen LogP contribution in [-0.2, 0) is 4.74 Å². The van der Waals surface area contributed by atoms with E-state index in [4.69, 9.17) is 4.74 Å². The number of aromatic amines is 1. The quantitative estimate of drug-likeness (QED) is 0.733. The minimum atomic E-state index is -0.916. The molecule has 0 radical (unpaired) electrons. The molecule has 3 aromatic rings. The summed E-state index contributed by atoms with van der Waals surface area (Å²) in [4.78, 5) is 30.0. The lowest BCUT2D eigenvalue weighted by Crippen LogP contribution is -2.11. The lowest BCUT2D eigenvalue weighted by Gasteiger charge is -2.04. The van der Waals surface area contributed by atoms with Gasteiger partial charge in [0.25, 0.3) is 5.56 Å². The number of imidazole rings is 1. The highest BCUT2D eigenvalue weighted by atomic mass is 19.1. The molecular weight excluding hydrogens is 293 g/mol. The van der Waals surface area contributed by atoms with Gasteiger partial charge in [0, 0.05) is 6.07 Å². The maximum absolute atomic E-state index is 13.5. The van der Waals surface area contributed by atoms with Crippen LogP contribution in [0.3, 0.4) is 0 Å². The van der Waals surface area contributed by atoms with Crippen molar-refractivity contribution in [3.05, 3.63) is 40.1 Å². The number of carbonyl (C=O) groups excluding carboxylic acids is 1. The number of benzene rings is 1. The predicted molar refractivity (Wildman–Crippen MR) is 75.7 cm³/mol. The Kier molecular flexibility index (Phi) is 3.28. The summed E-state index contributed by atoms with van der Waals surface area (Å²) in [5.41, 5.74) is 0.793. The van der Waals surface area contributed by atoms with Crippen molar-refractivity contribution < 1.29 is 18.7 Å². The molecule has 0 amide bonds. The number of ether oxygens (including phenoxy) is 2. The van der Waals surface area contributed by atoms with Gasteiger partial charge in [-0.3, -0.25) is 9.20 Å². The molecule has 114 valence electrons. The molecule has 0 saturated carbocycles. The third-order valence-corrected chi connectivity index (χ3v) is 3.16. The van der Waals surface area contributed by atoms with E-state index in [2.05, 4.69) is 14.7 Å². The Morgan fingerprint density at radius 1 is 1.45 bits per heavy atom. The molecule has 2 heterocycles. The second kappa shape index (κ2) is 5.14. The van der Waals surface area contributed by atoms with Crippen molar-refractivity contribution in [2.45, 2.75) is 13.8 Å². The first-order valence-corrected chi connectivity index (χ1v) is 6.56. The molecule has 2 aromatic heterocycles. The summed E-state index contributed by atoms with van der Waals surface area (Å²) in [5, 5.41) is 0. The minimum absolute atomic E-state index is 0.00917. The summed E-state index contributed by atoms with van der Waals surface area (Å²) >= 11 is 0. The number of fused-ring (bicyclic) bond motifs is 3. The lowest BCUT2D eigenvalue weighted by molar-refractivity contribution is 0.102. The SMILES string of the molecule is CCOC(=O)Oc1nc2c(=O)[nH]c3ccc(F)cc3n2c1C. The summed E-state index contributed by atoms with van der Waals surface area (Å²) in [7, 11) is 0. The molecule has 7 nitrogen and oxygen atoms in total. The summed E-state index contributed by atoms with van der Waals surface area (Å²) < 4.78 is 24.6. The van der Waals surface area contributed by atoms with Crippen molar-refractivity contribution in [3.8, 4) is 5.88 Å². The van der Waals surface area contributed by atoms with E-state index >= 15 is 0 Å². The molecule has 1 aromatic carbocycles. The fraction of sp³-hybridized carbons (Fsp3) is 0.214. The molecular formula is C14H12FN3O4. The van der Waals surface area contributed by atoms with Gasteiger partial charge in [-0.1, -0.05) is 0 Å². The highest BCUT2D eigenvalue weighted by molar-refractivity contribution is 5.78. The molecule has 0 saturated heterocycles. The van der Waals surface area contributed by atoms with Crippen LogP contribution in [0.4, 0.5) is 9.18 Å². The fourth-order valence-electron chi connectivity index (χ4n) is 2.23. The van der Waals surface area contributed by atoms with Crippen molar-refractivity contribution in [2.75, 3.05) is 6.61 Å². The molecule has 1 N–H and O–H groups in total. The first-order valence-electron chi connectivity index (χ1n) is 6.56. The van der Waals surface area contributed by atoms with Crippen LogP contribution in [-0.4, -0.2) is 27.1 Å². The van der Waals surface area contributed by atoms with Crippen LogP contribution in [0.15, 0.2) is 23.0 Å². The molecule has 22 heavy (non-hydrogen) atoms. The summed E-state index contributed by atoms with van der Waals surface area (Å²) in [6.45, 7) is 3.40. The Morgan fingerprint density at radius 2 is 2.23 bits per heavy atom. The second-order valence-corrected chi connectivity index (χ2v) is 4.56. The third-order valence-electron chi connectivity index (χ3n) is 3.16. The van der Waals surface area contributed by atoms with Gasteiger partial charge in [0.05, 0.1) is 23.3 Å². The number of halogens is 1. The summed E-state index contributed by atoms with van der Waals surface area (Å²) in [6.07, 6.45) is -0.916. The highest BCUT2D eigenvalue weighted by Gasteiger charge is 2.18. The molecule has 0 atom stereocenters. The summed E-state index contributed by atoms with van der Waals surface area (Å²) in [6, 6.07) is 3.96. The number of hydrogen-bond acceptors (Lipinski definition) is 5. The molecule has 0 unspecified atom stereocenters. The zero-order chi connectivity index (χ0) is 15.9. The fourth-order valence-corrected chi connectivity index (χ4v) is 2.23. The van der Waals surface area contributed by atoms with Gasteiger partial charge in [-0.2, -0.15) is 4.98 Å². The van der Waals surface area contributed by atoms with Crippen molar-refractivity contribution in [3.63, 3.8) is 0 Å². The number of aryl methyl sites for hydroxylation is 1. The molecule has 0 aliphatic rings. The van der Waals surface area contributed by atoms with Gasteiger partial charge in [0.2, 0.25) is 11.5 Å². The standard InChI is InChI=1S/C14H12FN3O4/c1-3-21-14(20)22-13-7(2)18-10-6-8(15)4-5-9(10)16-12(19)11(18)17-13/h4-6H,3H2,1-2H3,(H,16,19). The zero-order valence-corrected chi connectivity index (χ0v) is 11.8. The van der Waals surface area contributed by atoms with Gasteiger partial charge >= 0.3 is 6.16 Å². The molecule has 0 spiro atoms. The largest absolute Gasteiger partial charge is 0.515 e. The first-order chi connectivity index (χ1) is 10.5. The monoisotopic (exact) mass is 305 g/mol. The minimum Gasteiger partial charge on any atom is -0.434 e. The Morgan fingerprint density at radius 3 is 2.95 bits per heavy atom. The smallest absolute Gasteiger partial charge is 0.434 e. The van der Waals surface area contributed by atoms with Gasteiger partial charge in [-0.25, -0.2) is 9.18 Å². The van der Waals surface area contributed by atoms with E-state index in [1.807, 2.05) is 0 Å². The molecule has 0 aliphatic heterocycles. The Balaban J connectivity index is 2.27. The summed E-state index contributed by atoms with van der Waals surface area (Å²) in [5.74, 6) is -0.512. The van der Waals surface area contributed by atoms with Crippen LogP contribution in [0.25, 0.3) is 16.7 Å². The first kappa shape index (κ1) is 14.1. The van der Waals surface area contributed by atoms with Gasteiger partial charge in [-0.05, 0) is 26.0 Å². The average molecular weight is 305 g/mol. The van der Waals surface area contributed by atoms with E-state index in [9.17, 15) is 14.0 Å². The molecule has 0 bridgehead atoms. The van der Waals surface area contributed by atoms with E-state index in [1.165, 1.54) is 22.6 Å². The van der Waals surface area contributed by atoms with E-state index in [0.717, 1.165) is 0 Å². The highest BCUT2D eigenvalue weighted by Crippen LogP contribution is 2.22. The van der Waals surface area contributed by atoms with Crippen molar-refractivity contribution in [2.24, 2.45) is 0 Å².